The highest BCUT2D eigenvalue weighted by Crippen LogP contribution is 2.22. The van der Waals surface area contributed by atoms with Crippen LogP contribution in [-0.4, -0.2) is 31.6 Å². The van der Waals surface area contributed by atoms with Crippen molar-refractivity contribution in [2.45, 2.75) is 13.8 Å². The van der Waals surface area contributed by atoms with Crippen LogP contribution in [0.3, 0.4) is 0 Å². The Kier molecular flexibility index (Phi) is 5.54. The Balaban J connectivity index is 1.88. The number of aryl methyl sites for hydroxylation is 1. The van der Waals surface area contributed by atoms with Gasteiger partial charge < -0.3 is 10.2 Å². The monoisotopic (exact) mass is 492 g/mol. The number of rotatable bonds is 4. The number of benzene rings is 2. The Morgan fingerprint density at radius 2 is 1.86 bits per heavy atom. The number of nitrogens with one attached hydrogen (secondary N) is 2. The molecule has 2 aromatic carbocycles. The molecule has 1 aromatic heterocycles. The predicted octanol–water partition coefficient (Wildman–Crippen LogP) is 2.64. The Morgan fingerprint density at radius 3 is 2.50 bits per heavy atom. The lowest BCUT2D eigenvalue weighted by Gasteiger charge is -2.04. The molecule has 8 nitrogen and oxygen atoms in total. The molecular weight excluding hydrogens is 475 g/mol. The zero-order chi connectivity index (χ0) is 20.4. The van der Waals surface area contributed by atoms with E-state index in [1.807, 2.05) is 24.3 Å². The molecule has 0 aliphatic rings. The number of hydrogen-bond donors (Lipinski definition) is 4. The van der Waals surface area contributed by atoms with E-state index in [2.05, 4.69) is 38.2 Å². The highest BCUT2D eigenvalue weighted by atomic mass is 127. The smallest absolute Gasteiger partial charge is 0.280 e. The first-order valence-electron chi connectivity index (χ1n) is 8.22. The first kappa shape index (κ1) is 19.7. The van der Waals surface area contributed by atoms with Crippen molar-refractivity contribution < 1.29 is 15.0 Å². The normalized spacial score (nSPS) is 11.5. The second kappa shape index (κ2) is 7.89. The van der Waals surface area contributed by atoms with Gasteiger partial charge in [0.25, 0.3) is 11.5 Å². The van der Waals surface area contributed by atoms with Crippen LogP contribution in [0.5, 0.6) is 11.5 Å². The molecule has 0 fully saturated rings. The van der Waals surface area contributed by atoms with E-state index in [4.69, 9.17) is 0 Å². The molecule has 3 aromatic rings. The summed E-state index contributed by atoms with van der Waals surface area (Å²) in [6.45, 7) is 3.35. The molecular formula is C19H17IN4O4. The van der Waals surface area contributed by atoms with Gasteiger partial charge in [0, 0.05) is 15.3 Å². The average molecular weight is 492 g/mol. The minimum absolute atomic E-state index is 0.0450. The number of aromatic hydroxyl groups is 2. The molecule has 1 heterocycles. The van der Waals surface area contributed by atoms with E-state index in [9.17, 15) is 19.8 Å². The van der Waals surface area contributed by atoms with Gasteiger partial charge in [-0.2, -0.15) is 5.10 Å². The average Bonchev–Trinajstić information content (AvgIpc) is 2.94. The van der Waals surface area contributed by atoms with Crippen molar-refractivity contribution in [3.05, 3.63) is 73.2 Å². The van der Waals surface area contributed by atoms with E-state index in [0.717, 1.165) is 9.64 Å². The summed E-state index contributed by atoms with van der Waals surface area (Å²) in [7, 11) is 0. The van der Waals surface area contributed by atoms with E-state index in [0.29, 0.717) is 22.7 Å². The van der Waals surface area contributed by atoms with E-state index in [1.54, 1.807) is 13.8 Å². The standard InChI is InChI=1S/C19H17IN4O4/c1-10(21-22-18(27)15-8-7-14(25)9-16(15)26)17-11(2)23-24(19(17)28)13-5-3-12(20)4-6-13/h3-9,23,25-26H,1-2H3,(H,22,27). The Bertz CT molecular complexity index is 1130. The van der Waals surface area contributed by atoms with Crippen LogP contribution in [0.25, 0.3) is 5.69 Å². The Hall–Kier alpha value is -3.08. The van der Waals surface area contributed by atoms with Crippen molar-refractivity contribution in [1.29, 1.82) is 0 Å². The van der Waals surface area contributed by atoms with Gasteiger partial charge in [-0.05, 0) is 72.8 Å². The third kappa shape index (κ3) is 3.93. The zero-order valence-corrected chi connectivity index (χ0v) is 17.2. The molecule has 0 bridgehead atoms. The highest BCUT2D eigenvalue weighted by Gasteiger charge is 2.16. The summed E-state index contributed by atoms with van der Waals surface area (Å²) in [6.07, 6.45) is 0. The zero-order valence-electron chi connectivity index (χ0n) is 15.0. The number of halogens is 1. The van der Waals surface area contributed by atoms with Gasteiger partial charge in [-0.1, -0.05) is 0 Å². The van der Waals surface area contributed by atoms with Crippen LogP contribution in [0.15, 0.2) is 52.4 Å². The van der Waals surface area contributed by atoms with E-state index in [-0.39, 0.29) is 22.6 Å². The fourth-order valence-corrected chi connectivity index (χ4v) is 3.07. The number of phenols is 2. The van der Waals surface area contributed by atoms with Crippen molar-refractivity contribution in [3.8, 4) is 17.2 Å². The number of phenolic OH excluding ortho intramolecular Hbond substituents is 2. The molecule has 0 saturated heterocycles. The summed E-state index contributed by atoms with van der Waals surface area (Å²) < 4.78 is 2.46. The van der Waals surface area contributed by atoms with Gasteiger partial charge in [-0.25, -0.2) is 10.1 Å². The Labute approximate surface area is 173 Å². The fourth-order valence-electron chi connectivity index (χ4n) is 2.71. The van der Waals surface area contributed by atoms with Gasteiger partial charge in [0.1, 0.15) is 11.5 Å². The summed E-state index contributed by atoms with van der Waals surface area (Å²) in [6, 6.07) is 11.0. The lowest BCUT2D eigenvalue weighted by Crippen LogP contribution is -2.23. The summed E-state index contributed by atoms with van der Waals surface area (Å²) >= 11 is 2.18. The van der Waals surface area contributed by atoms with E-state index >= 15 is 0 Å². The molecule has 0 saturated carbocycles. The second-order valence-electron chi connectivity index (χ2n) is 6.07. The fraction of sp³-hybridized carbons (Fsp3) is 0.105. The second-order valence-corrected chi connectivity index (χ2v) is 7.31. The van der Waals surface area contributed by atoms with Crippen LogP contribution in [-0.2, 0) is 0 Å². The summed E-state index contributed by atoms with van der Waals surface area (Å²) in [4.78, 5) is 25.0. The molecule has 144 valence electrons. The van der Waals surface area contributed by atoms with Crippen molar-refractivity contribution in [3.63, 3.8) is 0 Å². The molecule has 0 radical (unpaired) electrons. The number of hydrogen-bond acceptors (Lipinski definition) is 5. The lowest BCUT2D eigenvalue weighted by molar-refractivity contribution is 0.0952. The van der Waals surface area contributed by atoms with Gasteiger partial charge >= 0.3 is 0 Å². The third-order valence-corrected chi connectivity index (χ3v) is 4.79. The van der Waals surface area contributed by atoms with Crippen LogP contribution >= 0.6 is 22.6 Å². The lowest BCUT2D eigenvalue weighted by atomic mass is 10.2. The summed E-state index contributed by atoms with van der Waals surface area (Å²) in [5, 5.41) is 26.0. The number of amides is 1. The number of aromatic amines is 1. The molecule has 1 amide bonds. The number of aromatic nitrogens is 2. The van der Waals surface area contributed by atoms with Crippen LogP contribution in [0.4, 0.5) is 0 Å². The number of hydrazone groups is 1. The SMILES string of the molecule is CC(=NNC(=O)c1ccc(O)cc1O)c1c(C)[nH]n(-c2ccc(I)cc2)c1=O. The van der Waals surface area contributed by atoms with Crippen molar-refractivity contribution in [2.75, 3.05) is 0 Å². The number of nitrogens with zero attached hydrogens (tertiary/aromatic N) is 2. The van der Waals surface area contributed by atoms with Crippen LogP contribution < -0.4 is 11.0 Å². The minimum Gasteiger partial charge on any atom is -0.508 e. The maximum Gasteiger partial charge on any atom is 0.280 e. The maximum absolute atomic E-state index is 12.8. The molecule has 3 rings (SSSR count). The molecule has 0 aliphatic carbocycles. The minimum atomic E-state index is -0.664. The largest absolute Gasteiger partial charge is 0.508 e. The summed E-state index contributed by atoms with van der Waals surface area (Å²) in [5.74, 6) is -1.19. The Morgan fingerprint density at radius 1 is 1.18 bits per heavy atom. The van der Waals surface area contributed by atoms with Gasteiger partial charge in [0.15, 0.2) is 0 Å². The van der Waals surface area contributed by atoms with Crippen molar-refractivity contribution in [1.82, 2.24) is 15.2 Å². The van der Waals surface area contributed by atoms with Gasteiger partial charge in [0.2, 0.25) is 0 Å². The summed E-state index contributed by atoms with van der Waals surface area (Å²) in [5.41, 5.74) is 3.92. The molecule has 9 heteroatoms. The predicted molar refractivity (Wildman–Crippen MR) is 113 cm³/mol. The topological polar surface area (TPSA) is 120 Å². The molecule has 0 aliphatic heterocycles. The highest BCUT2D eigenvalue weighted by molar-refractivity contribution is 14.1. The first-order valence-corrected chi connectivity index (χ1v) is 9.30. The maximum atomic E-state index is 12.8. The molecule has 0 unspecified atom stereocenters. The van der Waals surface area contributed by atoms with Gasteiger partial charge in [0.05, 0.1) is 22.5 Å². The van der Waals surface area contributed by atoms with E-state index in [1.165, 1.54) is 16.8 Å². The van der Waals surface area contributed by atoms with Gasteiger partial charge in [-0.15, -0.1) is 0 Å². The van der Waals surface area contributed by atoms with Crippen LogP contribution in [0.1, 0.15) is 28.5 Å². The number of carbonyl (C=O) groups excluding carboxylic acids is 1. The van der Waals surface area contributed by atoms with E-state index < -0.39 is 5.91 Å². The first-order chi connectivity index (χ1) is 13.3. The van der Waals surface area contributed by atoms with Gasteiger partial charge in [-0.3, -0.25) is 14.7 Å². The molecule has 0 spiro atoms. The number of carbonyl (C=O) groups is 1. The number of H-pyrrole nitrogens is 1. The molecule has 4 N–H and O–H groups in total. The molecule has 28 heavy (non-hydrogen) atoms. The molecule has 0 atom stereocenters. The third-order valence-electron chi connectivity index (χ3n) is 4.07. The van der Waals surface area contributed by atoms with Crippen molar-refractivity contribution >= 4 is 34.2 Å². The van der Waals surface area contributed by atoms with Crippen LogP contribution in [0, 0.1) is 10.5 Å². The quantitative estimate of drug-likeness (QED) is 0.254. The van der Waals surface area contributed by atoms with Crippen LogP contribution in [0.2, 0.25) is 0 Å². The van der Waals surface area contributed by atoms with Crippen molar-refractivity contribution in [2.24, 2.45) is 5.10 Å².